The van der Waals surface area contributed by atoms with E-state index < -0.39 is 0 Å². The molecule has 61 heavy (non-hydrogen) atoms. The van der Waals surface area contributed by atoms with E-state index in [1.54, 1.807) is 6.08 Å². The largest absolute Gasteiger partial charge is 0.317 e. The van der Waals surface area contributed by atoms with Crippen LogP contribution in [0.1, 0.15) is 16.7 Å². The van der Waals surface area contributed by atoms with Gasteiger partial charge in [0.05, 0.1) is 0 Å². The summed E-state index contributed by atoms with van der Waals surface area (Å²) in [5, 5.41) is 0. The monoisotopic (exact) mass is 790 g/mol. The number of hydrogen-bond donors (Lipinski definition) is 0. The van der Waals surface area contributed by atoms with Crippen LogP contribution in [0.3, 0.4) is 0 Å². The third-order valence-corrected chi connectivity index (χ3v) is 10.5. The fraction of sp³-hybridized carbons (Fsp3) is 0.0526. The van der Waals surface area contributed by atoms with E-state index >= 15 is 0 Å². The smallest absolute Gasteiger partial charge is 0.0464 e. The van der Waals surface area contributed by atoms with Crippen molar-refractivity contribution in [1.82, 2.24) is 0 Å². The van der Waals surface area contributed by atoms with Gasteiger partial charge in [0.15, 0.2) is 0 Å². The third-order valence-electron chi connectivity index (χ3n) is 10.5. The van der Waals surface area contributed by atoms with Crippen LogP contribution in [0.5, 0.6) is 0 Å². The van der Waals surface area contributed by atoms with E-state index in [0.29, 0.717) is 0 Å². The minimum absolute atomic E-state index is 1.04. The number of aryl methyl sites for hydroxylation is 3. The molecule has 0 atom stereocenters. The van der Waals surface area contributed by atoms with Crippen molar-refractivity contribution in [3.8, 4) is 0 Å². The molecule has 0 saturated carbocycles. The highest BCUT2D eigenvalue weighted by atomic mass is 15.2. The molecular formula is C57H50N4. The third kappa shape index (κ3) is 9.41. The average Bonchev–Trinajstić information content (AvgIpc) is 3.29. The summed E-state index contributed by atoms with van der Waals surface area (Å²) >= 11 is 0. The lowest BCUT2D eigenvalue weighted by atomic mass is 10.1. The predicted octanol–water partition coefficient (Wildman–Crippen LogP) is 16.4. The first kappa shape index (κ1) is 40.0. The number of para-hydroxylation sites is 2. The van der Waals surface area contributed by atoms with Crippen molar-refractivity contribution in [2.45, 2.75) is 20.8 Å². The number of allylic oxidation sites excluding steroid dienone is 4. The number of hydrogen-bond acceptors (Lipinski definition) is 4. The molecule has 0 amide bonds. The predicted molar refractivity (Wildman–Crippen MR) is 262 cm³/mol. The van der Waals surface area contributed by atoms with Crippen LogP contribution in [0.25, 0.3) is 0 Å². The lowest BCUT2D eigenvalue weighted by molar-refractivity contribution is 1.23. The Bertz CT molecular complexity index is 2600. The van der Waals surface area contributed by atoms with Crippen molar-refractivity contribution < 1.29 is 0 Å². The zero-order valence-electron chi connectivity index (χ0n) is 35.0. The molecule has 0 unspecified atom stereocenters. The van der Waals surface area contributed by atoms with Gasteiger partial charge < -0.3 is 19.6 Å². The Labute approximate surface area is 361 Å². The minimum atomic E-state index is 1.04. The fourth-order valence-electron chi connectivity index (χ4n) is 7.67. The molecule has 0 aliphatic carbocycles. The summed E-state index contributed by atoms with van der Waals surface area (Å²) in [7, 11) is 0. The first-order valence-electron chi connectivity index (χ1n) is 20.7. The maximum atomic E-state index is 3.83. The Hall–Kier alpha value is -7.82. The molecular weight excluding hydrogens is 741 g/mol. The van der Waals surface area contributed by atoms with Crippen LogP contribution in [-0.2, 0) is 0 Å². The molecule has 4 nitrogen and oxygen atoms in total. The Morgan fingerprint density at radius 3 is 0.984 bits per heavy atom. The summed E-state index contributed by atoms with van der Waals surface area (Å²) in [6, 6.07) is 73.6. The first-order valence-corrected chi connectivity index (χ1v) is 20.7. The molecule has 0 N–H and O–H groups in total. The fourth-order valence-corrected chi connectivity index (χ4v) is 7.67. The summed E-state index contributed by atoms with van der Waals surface area (Å²) < 4.78 is 0. The van der Waals surface area contributed by atoms with E-state index in [1.807, 2.05) is 18.2 Å². The van der Waals surface area contributed by atoms with Crippen molar-refractivity contribution >= 4 is 62.6 Å². The van der Waals surface area contributed by atoms with Crippen LogP contribution in [0.2, 0.25) is 0 Å². The molecule has 4 heteroatoms. The Balaban J connectivity index is 1.21. The molecule has 8 aromatic carbocycles. The molecule has 8 aromatic rings. The van der Waals surface area contributed by atoms with Crippen molar-refractivity contribution in [2.75, 3.05) is 19.6 Å². The van der Waals surface area contributed by atoms with Crippen LogP contribution >= 0.6 is 0 Å². The summed E-state index contributed by atoms with van der Waals surface area (Å²) in [5.74, 6) is 0. The van der Waals surface area contributed by atoms with Crippen LogP contribution in [0.4, 0.5) is 62.6 Å². The normalized spacial score (nSPS) is 11.1. The molecule has 0 fully saturated rings. The highest BCUT2D eigenvalue weighted by molar-refractivity contribution is 5.84. The lowest BCUT2D eigenvalue weighted by Crippen LogP contribution is -2.13. The molecule has 0 bridgehead atoms. The van der Waals surface area contributed by atoms with Crippen LogP contribution < -0.4 is 19.6 Å². The van der Waals surface area contributed by atoms with Gasteiger partial charge in [-0.05, 0) is 177 Å². The van der Waals surface area contributed by atoms with Gasteiger partial charge in [0.25, 0.3) is 0 Å². The molecule has 0 radical (unpaired) electrons. The maximum Gasteiger partial charge on any atom is 0.0464 e. The number of rotatable bonds is 14. The van der Waals surface area contributed by atoms with Gasteiger partial charge in [0.1, 0.15) is 0 Å². The van der Waals surface area contributed by atoms with Crippen molar-refractivity contribution in [2.24, 2.45) is 0 Å². The molecule has 0 spiro atoms. The summed E-state index contributed by atoms with van der Waals surface area (Å²) in [4.78, 5) is 9.17. The van der Waals surface area contributed by atoms with Gasteiger partial charge in [-0.25, -0.2) is 0 Å². The first-order chi connectivity index (χ1) is 29.9. The van der Waals surface area contributed by atoms with E-state index in [0.717, 1.165) is 62.6 Å². The zero-order valence-corrected chi connectivity index (χ0v) is 35.0. The van der Waals surface area contributed by atoms with E-state index in [-0.39, 0.29) is 0 Å². The molecule has 0 saturated heterocycles. The second-order valence-electron chi connectivity index (χ2n) is 15.1. The number of benzene rings is 8. The zero-order chi connectivity index (χ0) is 42.0. The topological polar surface area (TPSA) is 13.0 Å². The van der Waals surface area contributed by atoms with E-state index in [4.69, 9.17) is 0 Å². The SMILES string of the molecule is C=C/C=C\C=C\N(c1ccc(N(c2ccc(N(c3ccccc3)c3cccc(C)c3)cc2)c2ccc(N(c3ccccc3)c3cccc(C)c3)cc2)cc1)c1cccc(C)c1. The van der Waals surface area contributed by atoms with Gasteiger partial charge in [-0.2, -0.15) is 0 Å². The van der Waals surface area contributed by atoms with Crippen LogP contribution in [0.15, 0.2) is 243 Å². The summed E-state index contributed by atoms with van der Waals surface area (Å²) in [5.41, 5.74) is 15.5. The van der Waals surface area contributed by atoms with Crippen LogP contribution in [-0.4, -0.2) is 0 Å². The molecule has 0 aliphatic heterocycles. The number of nitrogens with zero attached hydrogens (tertiary/aromatic N) is 4. The average molecular weight is 791 g/mol. The maximum absolute atomic E-state index is 3.83. The molecule has 0 aliphatic rings. The second-order valence-corrected chi connectivity index (χ2v) is 15.1. The Morgan fingerprint density at radius 1 is 0.295 bits per heavy atom. The standard InChI is InChI=1S/C57H50N4/c1-5-6-7-14-40-58(55-25-15-18-44(2)41-55)47-28-30-50(31-29-47)59(51-32-36-53(37-33-51)60(48-21-10-8-11-22-48)56-26-16-19-45(3)42-56)52-34-38-54(39-35-52)61(49-23-12-9-13-24-49)57-27-17-20-46(4)43-57/h5-43H,1H2,2-4H3/b7-6-,40-14+. The van der Waals surface area contributed by atoms with E-state index in [1.165, 1.54) is 16.7 Å². The molecule has 298 valence electrons. The van der Waals surface area contributed by atoms with Crippen molar-refractivity contribution in [3.63, 3.8) is 0 Å². The van der Waals surface area contributed by atoms with Gasteiger partial charge in [0.2, 0.25) is 0 Å². The van der Waals surface area contributed by atoms with Crippen molar-refractivity contribution in [1.29, 1.82) is 0 Å². The molecule has 0 aromatic heterocycles. The molecule has 8 rings (SSSR count). The van der Waals surface area contributed by atoms with Crippen LogP contribution in [0, 0.1) is 20.8 Å². The summed E-state index contributed by atoms with van der Waals surface area (Å²) in [6.07, 6.45) is 9.85. The van der Waals surface area contributed by atoms with Gasteiger partial charge in [0, 0.05) is 68.8 Å². The Kier molecular flexibility index (Phi) is 12.3. The van der Waals surface area contributed by atoms with Gasteiger partial charge >= 0.3 is 0 Å². The highest BCUT2D eigenvalue weighted by Crippen LogP contribution is 2.42. The van der Waals surface area contributed by atoms with Crippen molar-refractivity contribution in [3.05, 3.63) is 260 Å². The lowest BCUT2D eigenvalue weighted by Gasteiger charge is -2.30. The number of anilines is 11. The summed E-state index contributed by atoms with van der Waals surface area (Å²) in [6.45, 7) is 10.2. The quantitative estimate of drug-likeness (QED) is 0.102. The van der Waals surface area contributed by atoms with E-state index in [2.05, 4.69) is 259 Å². The van der Waals surface area contributed by atoms with Gasteiger partial charge in [-0.1, -0.05) is 97.6 Å². The minimum Gasteiger partial charge on any atom is -0.317 e. The van der Waals surface area contributed by atoms with E-state index in [9.17, 15) is 0 Å². The highest BCUT2D eigenvalue weighted by Gasteiger charge is 2.19. The van der Waals surface area contributed by atoms with Gasteiger partial charge in [-0.15, -0.1) is 0 Å². The Morgan fingerprint density at radius 2 is 0.607 bits per heavy atom. The van der Waals surface area contributed by atoms with Gasteiger partial charge in [-0.3, -0.25) is 0 Å². The second kappa shape index (κ2) is 18.8. The molecule has 0 heterocycles.